The van der Waals surface area contributed by atoms with E-state index in [-0.39, 0.29) is 0 Å². The molecule has 1 N–H and O–H groups in total. The number of hydrogen-bond donors (Lipinski definition) is 1. The van der Waals surface area contributed by atoms with Gasteiger partial charge < -0.3 is 5.32 Å². The predicted molar refractivity (Wildman–Crippen MR) is 79.5 cm³/mol. The maximum Gasteiger partial charge on any atom is 0.00886 e. The maximum atomic E-state index is 3.80. The molecule has 19 heavy (non-hydrogen) atoms. The Morgan fingerprint density at radius 3 is 2.21 bits per heavy atom. The molecule has 0 bridgehead atoms. The van der Waals surface area contributed by atoms with E-state index in [9.17, 15) is 0 Å². The fourth-order valence-corrected chi connectivity index (χ4v) is 4.25. The molecule has 4 rings (SSSR count). The zero-order valence-corrected chi connectivity index (χ0v) is 12.3. The van der Waals surface area contributed by atoms with Crippen molar-refractivity contribution < 1.29 is 0 Å². The van der Waals surface area contributed by atoms with Crippen molar-refractivity contribution in [2.75, 3.05) is 6.54 Å². The molecule has 102 valence electrons. The zero-order valence-electron chi connectivity index (χ0n) is 12.3. The molecule has 3 aliphatic rings. The van der Waals surface area contributed by atoms with E-state index in [1.165, 1.54) is 56.2 Å². The van der Waals surface area contributed by atoms with Crippen LogP contribution in [0.5, 0.6) is 0 Å². The number of hydrogen-bond acceptors (Lipinski definition) is 1. The standard InChI is InChI=1S/C18H25N/c1-13-7-14(2)9-15(8-13)18(12-19-16-3-4-16)10-17(11-18)5-6-17/h7-9,16,19H,3-6,10-12H2,1-2H3. The van der Waals surface area contributed by atoms with E-state index >= 15 is 0 Å². The van der Waals surface area contributed by atoms with E-state index in [4.69, 9.17) is 0 Å². The topological polar surface area (TPSA) is 12.0 Å². The highest BCUT2D eigenvalue weighted by atomic mass is 15.0. The zero-order chi connectivity index (χ0) is 13.1. The van der Waals surface area contributed by atoms with Gasteiger partial charge in [-0.25, -0.2) is 0 Å². The molecule has 0 amide bonds. The van der Waals surface area contributed by atoms with Crippen LogP contribution in [0.2, 0.25) is 0 Å². The van der Waals surface area contributed by atoms with Crippen LogP contribution in [-0.4, -0.2) is 12.6 Å². The summed E-state index contributed by atoms with van der Waals surface area (Å²) in [6.07, 6.45) is 8.64. The summed E-state index contributed by atoms with van der Waals surface area (Å²) in [6, 6.07) is 8.02. The molecular formula is C18H25N. The van der Waals surface area contributed by atoms with Gasteiger partial charge in [-0.15, -0.1) is 0 Å². The number of nitrogens with one attached hydrogen (secondary N) is 1. The molecule has 1 aromatic rings. The van der Waals surface area contributed by atoms with Gasteiger partial charge in [0.2, 0.25) is 0 Å². The number of benzene rings is 1. The van der Waals surface area contributed by atoms with Crippen LogP contribution in [0.3, 0.4) is 0 Å². The van der Waals surface area contributed by atoms with Gasteiger partial charge >= 0.3 is 0 Å². The molecular weight excluding hydrogens is 230 g/mol. The Morgan fingerprint density at radius 1 is 1.05 bits per heavy atom. The molecule has 1 heteroatoms. The van der Waals surface area contributed by atoms with Gasteiger partial charge in [-0.3, -0.25) is 0 Å². The van der Waals surface area contributed by atoms with Crippen molar-refractivity contribution in [1.29, 1.82) is 0 Å². The van der Waals surface area contributed by atoms with Gasteiger partial charge in [0, 0.05) is 18.0 Å². The summed E-state index contributed by atoms with van der Waals surface area (Å²) in [5.74, 6) is 0. The first-order chi connectivity index (χ1) is 9.09. The molecule has 0 heterocycles. The Morgan fingerprint density at radius 2 is 1.68 bits per heavy atom. The lowest BCUT2D eigenvalue weighted by molar-refractivity contribution is 0.115. The summed E-state index contributed by atoms with van der Waals surface area (Å²) in [7, 11) is 0. The first-order valence-corrected chi connectivity index (χ1v) is 7.92. The molecule has 3 aliphatic carbocycles. The van der Waals surface area contributed by atoms with E-state index in [0.29, 0.717) is 5.41 Å². The van der Waals surface area contributed by atoms with Crippen molar-refractivity contribution in [3.8, 4) is 0 Å². The van der Waals surface area contributed by atoms with E-state index in [2.05, 4.69) is 37.4 Å². The first kappa shape index (κ1) is 12.0. The summed E-state index contributed by atoms with van der Waals surface area (Å²) in [5, 5.41) is 3.80. The molecule has 1 nitrogen and oxygen atoms in total. The lowest BCUT2D eigenvalue weighted by atomic mass is 9.56. The van der Waals surface area contributed by atoms with E-state index in [0.717, 1.165) is 11.5 Å². The second-order valence-corrected chi connectivity index (χ2v) is 7.67. The normalized spacial score (nSPS) is 26.2. The minimum atomic E-state index is 0.454. The summed E-state index contributed by atoms with van der Waals surface area (Å²) in [4.78, 5) is 0. The third-order valence-corrected chi connectivity index (χ3v) is 5.52. The Bertz CT molecular complexity index is 480. The SMILES string of the molecule is Cc1cc(C)cc(C2(CNC3CC3)CC3(CC3)C2)c1. The molecule has 0 unspecified atom stereocenters. The molecule has 1 aromatic carbocycles. The Hall–Kier alpha value is -0.820. The Kier molecular flexibility index (Phi) is 2.42. The highest BCUT2D eigenvalue weighted by molar-refractivity contribution is 5.39. The van der Waals surface area contributed by atoms with E-state index in [1.54, 1.807) is 5.56 Å². The van der Waals surface area contributed by atoms with Crippen molar-refractivity contribution in [3.05, 3.63) is 34.9 Å². The van der Waals surface area contributed by atoms with Gasteiger partial charge in [0.05, 0.1) is 0 Å². The minimum Gasteiger partial charge on any atom is -0.313 e. The van der Waals surface area contributed by atoms with Gasteiger partial charge in [-0.1, -0.05) is 29.3 Å². The summed E-state index contributed by atoms with van der Waals surface area (Å²) in [5.41, 5.74) is 5.68. The van der Waals surface area contributed by atoms with Crippen LogP contribution in [0.4, 0.5) is 0 Å². The van der Waals surface area contributed by atoms with Crippen molar-refractivity contribution >= 4 is 0 Å². The molecule has 0 saturated heterocycles. The monoisotopic (exact) mass is 255 g/mol. The van der Waals surface area contributed by atoms with E-state index in [1.807, 2.05) is 0 Å². The fourth-order valence-electron chi connectivity index (χ4n) is 4.25. The highest BCUT2D eigenvalue weighted by Gasteiger charge is 2.61. The van der Waals surface area contributed by atoms with Gasteiger partial charge in [0.25, 0.3) is 0 Å². The molecule has 0 atom stereocenters. The fraction of sp³-hybridized carbons (Fsp3) is 0.667. The number of rotatable bonds is 4. The van der Waals surface area contributed by atoms with Crippen LogP contribution in [0.15, 0.2) is 18.2 Å². The average molecular weight is 255 g/mol. The minimum absolute atomic E-state index is 0.454. The van der Waals surface area contributed by atoms with Crippen LogP contribution in [0.1, 0.15) is 55.2 Å². The van der Waals surface area contributed by atoms with Gasteiger partial charge in [0.1, 0.15) is 0 Å². The van der Waals surface area contributed by atoms with Crippen LogP contribution in [-0.2, 0) is 5.41 Å². The molecule has 3 fully saturated rings. The average Bonchev–Trinajstić information content (AvgIpc) is 3.18. The third-order valence-electron chi connectivity index (χ3n) is 5.52. The lowest BCUT2D eigenvalue weighted by Gasteiger charge is -2.50. The second-order valence-electron chi connectivity index (χ2n) is 7.67. The molecule has 3 saturated carbocycles. The smallest absolute Gasteiger partial charge is 0.00886 e. The summed E-state index contributed by atoms with van der Waals surface area (Å²) < 4.78 is 0. The van der Waals surface area contributed by atoms with Crippen molar-refractivity contribution in [3.63, 3.8) is 0 Å². The second kappa shape index (κ2) is 3.85. The Balaban J connectivity index is 1.61. The quantitative estimate of drug-likeness (QED) is 0.861. The molecule has 0 radical (unpaired) electrons. The van der Waals surface area contributed by atoms with Crippen LogP contribution < -0.4 is 5.32 Å². The van der Waals surface area contributed by atoms with Gasteiger partial charge in [-0.05, 0) is 63.4 Å². The van der Waals surface area contributed by atoms with Gasteiger partial charge in [-0.2, -0.15) is 0 Å². The summed E-state index contributed by atoms with van der Waals surface area (Å²) >= 11 is 0. The largest absolute Gasteiger partial charge is 0.313 e. The molecule has 1 spiro atoms. The first-order valence-electron chi connectivity index (χ1n) is 7.92. The van der Waals surface area contributed by atoms with E-state index < -0.39 is 0 Å². The lowest BCUT2D eigenvalue weighted by Crippen LogP contribution is -2.50. The highest BCUT2D eigenvalue weighted by Crippen LogP contribution is 2.68. The molecule has 0 aromatic heterocycles. The van der Waals surface area contributed by atoms with Crippen LogP contribution in [0.25, 0.3) is 0 Å². The Labute approximate surface area is 116 Å². The van der Waals surface area contributed by atoms with Crippen LogP contribution in [0, 0.1) is 19.3 Å². The van der Waals surface area contributed by atoms with Crippen molar-refractivity contribution in [2.24, 2.45) is 5.41 Å². The van der Waals surface area contributed by atoms with Crippen molar-refractivity contribution in [1.82, 2.24) is 5.32 Å². The third kappa shape index (κ3) is 2.12. The number of aryl methyl sites for hydroxylation is 2. The van der Waals surface area contributed by atoms with Crippen molar-refractivity contribution in [2.45, 2.75) is 63.8 Å². The predicted octanol–water partition coefficient (Wildman–Crippen LogP) is 3.87. The van der Waals surface area contributed by atoms with Crippen LogP contribution >= 0.6 is 0 Å². The summed E-state index contributed by atoms with van der Waals surface area (Å²) in [6.45, 7) is 5.69. The maximum absolute atomic E-state index is 3.80. The van der Waals surface area contributed by atoms with Gasteiger partial charge in [0.15, 0.2) is 0 Å². The molecule has 0 aliphatic heterocycles.